The average Bonchev–Trinajstić information content (AvgIpc) is 3.02. The Hall–Kier alpha value is -1.76. The molecule has 2 unspecified atom stereocenters. The molecule has 1 saturated heterocycles. The normalized spacial score (nSPS) is 24.4. The molecule has 0 bridgehead atoms. The van der Waals surface area contributed by atoms with Gasteiger partial charge in [-0.25, -0.2) is 0 Å². The topological polar surface area (TPSA) is 38.1 Å². The maximum absolute atomic E-state index is 13.4. The van der Waals surface area contributed by atoms with E-state index in [1.807, 2.05) is 18.0 Å². The second-order valence-corrected chi connectivity index (χ2v) is 5.75. The standard InChI is InChI=1S/C14H13ClF3N3O/c1-20-6-5-8-10(20)3-2-4-11(8)21-12(14(16,17)18)9(7-19-21)13(15)22/h2-4,7-8,11H,5-6H2,1H3. The number of hydrogen-bond donors (Lipinski definition) is 0. The molecule has 0 spiro atoms. The van der Waals surface area contributed by atoms with E-state index in [0.29, 0.717) is 0 Å². The van der Waals surface area contributed by atoms with Crippen LogP contribution in [0.25, 0.3) is 0 Å². The highest BCUT2D eigenvalue weighted by molar-refractivity contribution is 6.67. The molecule has 1 aromatic heterocycles. The molecule has 2 atom stereocenters. The van der Waals surface area contributed by atoms with Crippen LogP contribution in [0.5, 0.6) is 0 Å². The van der Waals surface area contributed by atoms with Crippen LogP contribution in [0.4, 0.5) is 13.2 Å². The monoisotopic (exact) mass is 331 g/mol. The second-order valence-electron chi connectivity index (χ2n) is 5.41. The van der Waals surface area contributed by atoms with Crippen molar-refractivity contribution in [2.75, 3.05) is 13.6 Å². The van der Waals surface area contributed by atoms with Crippen LogP contribution in [0.2, 0.25) is 0 Å². The summed E-state index contributed by atoms with van der Waals surface area (Å²) >= 11 is 5.27. The maximum Gasteiger partial charge on any atom is 0.433 e. The Morgan fingerprint density at radius 3 is 2.82 bits per heavy atom. The van der Waals surface area contributed by atoms with Crippen LogP contribution in [0.3, 0.4) is 0 Å². The van der Waals surface area contributed by atoms with Crippen LogP contribution < -0.4 is 0 Å². The number of likely N-dealkylation sites (tertiary alicyclic amines) is 1. The van der Waals surface area contributed by atoms with Crippen molar-refractivity contribution in [1.29, 1.82) is 0 Å². The molecule has 22 heavy (non-hydrogen) atoms. The van der Waals surface area contributed by atoms with E-state index in [4.69, 9.17) is 11.6 Å². The molecule has 2 aliphatic rings. The fourth-order valence-electron chi connectivity index (χ4n) is 3.16. The molecule has 3 rings (SSSR count). The highest BCUT2D eigenvalue weighted by Crippen LogP contribution is 2.42. The number of nitrogens with zero attached hydrogens (tertiary/aromatic N) is 3. The van der Waals surface area contributed by atoms with E-state index in [9.17, 15) is 18.0 Å². The lowest BCUT2D eigenvalue weighted by atomic mass is 9.91. The second kappa shape index (κ2) is 5.15. The van der Waals surface area contributed by atoms with Gasteiger partial charge in [0.15, 0.2) is 5.69 Å². The van der Waals surface area contributed by atoms with Crippen LogP contribution in [0, 0.1) is 5.92 Å². The first-order chi connectivity index (χ1) is 10.3. The van der Waals surface area contributed by atoms with Gasteiger partial charge in [-0.05, 0) is 24.1 Å². The predicted molar refractivity (Wildman–Crippen MR) is 74.4 cm³/mol. The molecule has 118 valence electrons. The van der Waals surface area contributed by atoms with E-state index in [2.05, 4.69) is 5.10 Å². The third kappa shape index (κ3) is 2.33. The smallest absolute Gasteiger partial charge is 0.378 e. The van der Waals surface area contributed by atoms with Crippen LogP contribution in [0.1, 0.15) is 28.5 Å². The minimum absolute atomic E-state index is 0.0886. The molecular formula is C14H13ClF3N3O. The van der Waals surface area contributed by atoms with Gasteiger partial charge in [0.1, 0.15) is 0 Å². The summed E-state index contributed by atoms with van der Waals surface area (Å²) in [6, 6.07) is -0.577. The third-order valence-corrected chi connectivity index (χ3v) is 4.35. The van der Waals surface area contributed by atoms with Crippen molar-refractivity contribution in [2.45, 2.75) is 18.6 Å². The zero-order chi connectivity index (χ0) is 16.1. The summed E-state index contributed by atoms with van der Waals surface area (Å²) in [5.41, 5.74) is -0.710. The summed E-state index contributed by atoms with van der Waals surface area (Å²) in [6.07, 6.45) is 2.23. The number of fused-ring (bicyclic) bond motifs is 1. The Labute approximate surface area is 129 Å². The largest absolute Gasteiger partial charge is 0.433 e. The first-order valence-electron chi connectivity index (χ1n) is 6.74. The van der Waals surface area contributed by atoms with Crippen molar-refractivity contribution in [3.05, 3.63) is 41.4 Å². The van der Waals surface area contributed by atoms with E-state index in [0.717, 1.165) is 29.5 Å². The number of hydrogen-bond acceptors (Lipinski definition) is 3. The minimum Gasteiger partial charge on any atom is -0.378 e. The quantitative estimate of drug-likeness (QED) is 0.781. The van der Waals surface area contributed by atoms with Gasteiger partial charge in [0.2, 0.25) is 0 Å². The van der Waals surface area contributed by atoms with E-state index in [1.165, 1.54) is 0 Å². The van der Waals surface area contributed by atoms with Crippen LogP contribution in [-0.2, 0) is 6.18 Å². The van der Waals surface area contributed by atoms with E-state index < -0.39 is 28.7 Å². The van der Waals surface area contributed by atoms with Crippen LogP contribution in [0.15, 0.2) is 30.1 Å². The molecule has 2 heterocycles. The molecule has 0 radical (unpaired) electrons. The summed E-state index contributed by atoms with van der Waals surface area (Å²) in [5.74, 6) is -0.0886. The van der Waals surface area contributed by atoms with Crippen molar-refractivity contribution >= 4 is 16.8 Å². The van der Waals surface area contributed by atoms with Gasteiger partial charge in [-0.2, -0.15) is 18.3 Å². The van der Waals surface area contributed by atoms with Gasteiger partial charge < -0.3 is 4.90 Å². The van der Waals surface area contributed by atoms with Crippen molar-refractivity contribution < 1.29 is 18.0 Å². The summed E-state index contributed by atoms with van der Waals surface area (Å²) in [6.45, 7) is 0.776. The van der Waals surface area contributed by atoms with Crippen molar-refractivity contribution in [3.8, 4) is 0 Å². The molecule has 0 aromatic carbocycles. The average molecular weight is 332 g/mol. The Kier molecular flexibility index (Phi) is 3.55. The molecule has 1 aromatic rings. The fourth-order valence-corrected chi connectivity index (χ4v) is 3.30. The molecule has 1 fully saturated rings. The van der Waals surface area contributed by atoms with Crippen LogP contribution in [-0.4, -0.2) is 33.5 Å². The Morgan fingerprint density at radius 1 is 1.45 bits per heavy atom. The molecular weight excluding hydrogens is 319 g/mol. The molecule has 0 saturated carbocycles. The Bertz CT molecular complexity index is 677. The zero-order valence-corrected chi connectivity index (χ0v) is 12.4. The van der Waals surface area contributed by atoms with E-state index in [1.54, 1.807) is 12.2 Å². The molecule has 1 aliphatic carbocycles. The Balaban J connectivity index is 2.08. The van der Waals surface area contributed by atoms with Gasteiger partial charge in [0.05, 0.1) is 17.8 Å². The molecule has 4 nitrogen and oxygen atoms in total. The number of rotatable bonds is 2. The van der Waals surface area contributed by atoms with Crippen LogP contribution >= 0.6 is 11.6 Å². The van der Waals surface area contributed by atoms with E-state index >= 15 is 0 Å². The summed E-state index contributed by atoms with van der Waals surface area (Å²) < 4.78 is 40.9. The lowest BCUT2D eigenvalue weighted by Crippen LogP contribution is -2.27. The van der Waals surface area contributed by atoms with Gasteiger partial charge in [-0.1, -0.05) is 12.2 Å². The van der Waals surface area contributed by atoms with Gasteiger partial charge in [-0.15, -0.1) is 0 Å². The number of allylic oxidation sites excluding steroid dienone is 4. The first kappa shape index (κ1) is 15.1. The van der Waals surface area contributed by atoms with Gasteiger partial charge in [0, 0.05) is 25.2 Å². The molecule has 0 N–H and O–H groups in total. The lowest BCUT2D eigenvalue weighted by Gasteiger charge is -2.28. The summed E-state index contributed by atoms with van der Waals surface area (Å²) in [5, 5.41) is 2.65. The lowest BCUT2D eigenvalue weighted by molar-refractivity contribution is -0.145. The van der Waals surface area contributed by atoms with Gasteiger partial charge in [0.25, 0.3) is 5.24 Å². The third-order valence-electron chi connectivity index (χ3n) is 4.14. The Morgan fingerprint density at radius 2 is 2.18 bits per heavy atom. The highest BCUT2D eigenvalue weighted by atomic mass is 35.5. The summed E-state index contributed by atoms with van der Waals surface area (Å²) in [7, 11) is 1.91. The molecule has 1 aliphatic heterocycles. The number of carbonyl (C=O) groups excluding carboxylic acids is 1. The fraction of sp³-hybridized carbons (Fsp3) is 0.429. The van der Waals surface area contributed by atoms with Crippen molar-refractivity contribution in [1.82, 2.24) is 14.7 Å². The van der Waals surface area contributed by atoms with Crippen molar-refractivity contribution in [3.63, 3.8) is 0 Å². The number of alkyl halides is 3. The first-order valence-corrected chi connectivity index (χ1v) is 7.12. The maximum atomic E-state index is 13.4. The number of carbonyl (C=O) groups is 1. The highest BCUT2D eigenvalue weighted by Gasteiger charge is 2.43. The number of aromatic nitrogens is 2. The SMILES string of the molecule is CN1CCC2C1=CC=CC2n1ncc(C(=O)Cl)c1C(F)(F)F. The van der Waals surface area contributed by atoms with Gasteiger partial charge >= 0.3 is 6.18 Å². The van der Waals surface area contributed by atoms with Crippen molar-refractivity contribution in [2.24, 2.45) is 5.92 Å². The predicted octanol–water partition coefficient (Wildman–Crippen LogP) is 3.23. The number of halogens is 4. The van der Waals surface area contributed by atoms with E-state index in [-0.39, 0.29) is 5.92 Å². The van der Waals surface area contributed by atoms with Gasteiger partial charge in [-0.3, -0.25) is 9.48 Å². The molecule has 8 heteroatoms. The minimum atomic E-state index is -4.70. The summed E-state index contributed by atoms with van der Waals surface area (Å²) in [4.78, 5) is 13.3. The zero-order valence-electron chi connectivity index (χ0n) is 11.6. The molecule has 0 amide bonds.